The molecule has 3 heterocycles. The van der Waals surface area contributed by atoms with Crippen LogP contribution in [-0.4, -0.2) is 73.3 Å². The molecule has 35 heavy (non-hydrogen) atoms. The minimum absolute atomic E-state index is 0.0589. The number of nitrogens with zero attached hydrogens (tertiary/aromatic N) is 3. The van der Waals surface area contributed by atoms with Crippen LogP contribution in [0.1, 0.15) is 34.0 Å². The Labute approximate surface area is 200 Å². The summed E-state index contributed by atoms with van der Waals surface area (Å²) < 4.78 is 34.4. The summed E-state index contributed by atoms with van der Waals surface area (Å²) in [4.78, 5) is 38.4. The first-order valence-electron chi connectivity index (χ1n) is 10.9. The van der Waals surface area contributed by atoms with Crippen LogP contribution in [0.5, 0.6) is 5.75 Å². The molecule has 1 fully saturated rings. The molecule has 1 N–H and O–H groups in total. The summed E-state index contributed by atoms with van der Waals surface area (Å²) in [5.41, 5.74) is 1.82. The Balaban J connectivity index is 1.37. The average molecular weight is 488 g/mol. The number of carbonyl (C=O) groups is 2. The summed E-state index contributed by atoms with van der Waals surface area (Å²) in [5, 5.41) is 6.87. The van der Waals surface area contributed by atoms with Crippen molar-refractivity contribution in [1.82, 2.24) is 15.3 Å². The monoisotopic (exact) mass is 488 g/mol. The van der Waals surface area contributed by atoms with E-state index in [4.69, 9.17) is 19.0 Å². The van der Waals surface area contributed by atoms with Crippen LogP contribution in [0.25, 0.3) is 0 Å². The van der Waals surface area contributed by atoms with Crippen molar-refractivity contribution in [1.29, 1.82) is 0 Å². The molecule has 2 unspecified atom stereocenters. The predicted molar refractivity (Wildman–Crippen MR) is 118 cm³/mol. The van der Waals surface area contributed by atoms with E-state index < -0.39 is 36.0 Å². The molecule has 0 bridgehead atoms. The molecule has 0 aliphatic carbocycles. The fraction of sp³-hybridized carbons (Fsp3) is 0.435. The first-order chi connectivity index (χ1) is 16.9. The molecule has 12 heteroatoms. The van der Waals surface area contributed by atoms with Crippen LogP contribution in [0, 0.1) is 12.7 Å². The largest absolute Gasteiger partial charge is 0.494 e. The van der Waals surface area contributed by atoms with Crippen molar-refractivity contribution in [3.63, 3.8) is 0 Å². The lowest BCUT2D eigenvalue weighted by Crippen LogP contribution is -2.45. The van der Waals surface area contributed by atoms with Crippen molar-refractivity contribution in [2.75, 3.05) is 27.4 Å². The smallest absolute Gasteiger partial charge is 0.337 e. The highest BCUT2D eigenvalue weighted by Gasteiger charge is 2.37. The maximum absolute atomic E-state index is 13.6. The second kappa shape index (κ2) is 10.7. The topological polar surface area (TPSA) is 130 Å². The van der Waals surface area contributed by atoms with Crippen LogP contribution in [0.15, 0.2) is 29.4 Å². The zero-order valence-electron chi connectivity index (χ0n) is 19.4. The number of ether oxygens (including phenoxy) is 4. The standard InChI is InChI=1S/C23H25FN4O7/c1-12-26-15(16-8-19(35-28-16)20-10-34-21(11-33-20)23(30)32-3)7-17(27-12)22(29)25-9-13-4-5-14(24)18(6-13)31-2/h4-7,19-21H,8-11H2,1-3H3,(H,25,29)/t19-,20?,21?/m0/s1. The van der Waals surface area contributed by atoms with Crippen LogP contribution >= 0.6 is 0 Å². The Morgan fingerprint density at radius 3 is 2.69 bits per heavy atom. The normalized spacial score (nSPS) is 21.6. The van der Waals surface area contributed by atoms with Gasteiger partial charge >= 0.3 is 5.97 Å². The van der Waals surface area contributed by atoms with Crippen molar-refractivity contribution in [3.05, 3.63) is 52.9 Å². The van der Waals surface area contributed by atoms with Crippen molar-refractivity contribution < 1.29 is 37.8 Å². The van der Waals surface area contributed by atoms with E-state index in [2.05, 4.69) is 25.2 Å². The van der Waals surface area contributed by atoms with Crippen molar-refractivity contribution >= 4 is 17.6 Å². The Kier molecular flexibility index (Phi) is 7.51. The lowest BCUT2D eigenvalue weighted by Gasteiger charge is -2.30. The van der Waals surface area contributed by atoms with Crippen LogP contribution in [0.3, 0.4) is 0 Å². The average Bonchev–Trinajstić information content (AvgIpc) is 3.38. The number of esters is 1. The van der Waals surface area contributed by atoms with Crippen molar-refractivity contribution in [2.24, 2.45) is 5.16 Å². The first kappa shape index (κ1) is 24.5. The predicted octanol–water partition coefficient (Wildman–Crippen LogP) is 1.31. The summed E-state index contributed by atoms with van der Waals surface area (Å²) in [6.45, 7) is 2.04. The number of aromatic nitrogens is 2. The van der Waals surface area contributed by atoms with E-state index in [-0.39, 0.29) is 31.2 Å². The van der Waals surface area contributed by atoms with Gasteiger partial charge in [-0.25, -0.2) is 19.2 Å². The number of amides is 1. The van der Waals surface area contributed by atoms with Gasteiger partial charge in [-0.1, -0.05) is 11.2 Å². The third-order valence-electron chi connectivity index (χ3n) is 5.53. The van der Waals surface area contributed by atoms with Crippen molar-refractivity contribution in [3.8, 4) is 5.75 Å². The summed E-state index contributed by atoms with van der Waals surface area (Å²) in [6.07, 6.45) is -1.23. The quantitative estimate of drug-likeness (QED) is 0.573. The zero-order valence-corrected chi connectivity index (χ0v) is 19.4. The van der Waals surface area contributed by atoms with Gasteiger partial charge in [0.25, 0.3) is 5.91 Å². The van der Waals surface area contributed by atoms with Gasteiger partial charge in [-0.3, -0.25) is 4.79 Å². The number of hydrogen-bond acceptors (Lipinski definition) is 10. The number of halogens is 1. The van der Waals surface area contributed by atoms with Gasteiger partial charge in [0, 0.05) is 13.0 Å². The maximum atomic E-state index is 13.6. The molecule has 1 amide bonds. The Morgan fingerprint density at radius 1 is 1.14 bits per heavy atom. The van der Waals surface area contributed by atoms with Gasteiger partial charge in [0.05, 0.1) is 33.1 Å². The van der Waals surface area contributed by atoms with E-state index >= 15 is 0 Å². The fourth-order valence-electron chi connectivity index (χ4n) is 3.67. The van der Waals surface area contributed by atoms with Crippen LogP contribution in [-0.2, 0) is 30.4 Å². The molecule has 0 radical (unpaired) electrons. The number of methoxy groups -OCH3 is 2. The Morgan fingerprint density at radius 2 is 1.97 bits per heavy atom. The summed E-state index contributed by atoms with van der Waals surface area (Å²) >= 11 is 0. The van der Waals surface area contributed by atoms with Gasteiger partial charge in [0.2, 0.25) is 0 Å². The van der Waals surface area contributed by atoms with E-state index in [1.165, 1.54) is 32.4 Å². The van der Waals surface area contributed by atoms with Crippen molar-refractivity contribution in [2.45, 2.75) is 38.2 Å². The van der Waals surface area contributed by atoms with Crippen LogP contribution < -0.4 is 10.1 Å². The highest BCUT2D eigenvalue weighted by molar-refractivity contribution is 6.02. The third kappa shape index (κ3) is 5.72. The molecule has 4 rings (SSSR count). The van der Waals surface area contributed by atoms with E-state index in [1.807, 2.05) is 0 Å². The lowest BCUT2D eigenvalue weighted by molar-refractivity contribution is -0.192. The highest BCUT2D eigenvalue weighted by Crippen LogP contribution is 2.23. The number of aryl methyl sites for hydroxylation is 1. The van der Waals surface area contributed by atoms with Gasteiger partial charge in [0.15, 0.2) is 23.8 Å². The lowest BCUT2D eigenvalue weighted by atomic mass is 10.0. The molecule has 1 aromatic carbocycles. The van der Waals surface area contributed by atoms with E-state index in [0.29, 0.717) is 29.2 Å². The van der Waals surface area contributed by atoms with E-state index in [0.717, 1.165) is 0 Å². The number of benzene rings is 1. The fourth-order valence-corrected chi connectivity index (χ4v) is 3.67. The van der Waals surface area contributed by atoms with Crippen LogP contribution in [0.2, 0.25) is 0 Å². The molecule has 0 saturated carbocycles. The third-order valence-corrected chi connectivity index (χ3v) is 5.53. The Bertz CT molecular complexity index is 1130. The van der Waals surface area contributed by atoms with Gasteiger partial charge in [-0.05, 0) is 30.7 Å². The Hall–Kier alpha value is -3.64. The minimum atomic E-state index is -0.764. The maximum Gasteiger partial charge on any atom is 0.337 e. The molecule has 11 nitrogen and oxygen atoms in total. The highest BCUT2D eigenvalue weighted by atomic mass is 19.1. The van der Waals surface area contributed by atoms with Gasteiger partial charge in [-0.2, -0.15) is 0 Å². The summed E-state index contributed by atoms with van der Waals surface area (Å²) in [5.74, 6) is -0.910. The molecular formula is C23H25FN4O7. The molecule has 3 atom stereocenters. The number of rotatable bonds is 7. The molecule has 2 aliphatic heterocycles. The molecule has 2 aromatic rings. The molecular weight excluding hydrogens is 463 g/mol. The van der Waals surface area contributed by atoms with Crippen LogP contribution in [0.4, 0.5) is 4.39 Å². The number of oxime groups is 1. The molecule has 1 saturated heterocycles. The second-order valence-electron chi connectivity index (χ2n) is 7.94. The summed E-state index contributed by atoms with van der Waals surface area (Å²) in [6, 6.07) is 5.88. The molecule has 0 spiro atoms. The molecule has 2 aliphatic rings. The van der Waals surface area contributed by atoms with E-state index in [9.17, 15) is 14.0 Å². The number of nitrogens with one attached hydrogen (secondary N) is 1. The zero-order chi connectivity index (χ0) is 24.9. The van der Waals surface area contributed by atoms with Gasteiger partial charge < -0.3 is 29.1 Å². The van der Waals surface area contributed by atoms with Gasteiger partial charge in [-0.15, -0.1) is 0 Å². The van der Waals surface area contributed by atoms with Gasteiger partial charge in [0.1, 0.15) is 23.3 Å². The molecule has 186 valence electrons. The second-order valence-corrected chi connectivity index (χ2v) is 7.94. The molecule has 1 aromatic heterocycles. The van der Waals surface area contributed by atoms with E-state index in [1.54, 1.807) is 13.0 Å². The first-order valence-corrected chi connectivity index (χ1v) is 10.9. The SMILES string of the molecule is COC(=O)C1COC([C@@H]2CC(c3cc(C(=O)NCc4ccc(F)c(OC)c4)nc(C)n3)=NO2)CO1. The number of hydrogen-bond donors (Lipinski definition) is 1. The minimum Gasteiger partial charge on any atom is -0.494 e. The number of carbonyl (C=O) groups excluding carboxylic acids is 2. The summed E-state index contributed by atoms with van der Waals surface area (Å²) in [7, 11) is 2.66.